The molecule has 8 nitrogen and oxygen atoms in total. The van der Waals surface area contributed by atoms with Crippen LogP contribution >= 0.6 is 11.3 Å². The summed E-state index contributed by atoms with van der Waals surface area (Å²) in [4.78, 5) is 26.7. The smallest absolute Gasteiger partial charge is 0.286 e. The Balaban J connectivity index is 1.31. The van der Waals surface area contributed by atoms with Gasteiger partial charge in [0.05, 0.1) is 0 Å². The topological polar surface area (TPSA) is 96.5 Å². The maximum atomic E-state index is 12.2. The minimum atomic E-state index is -0.314. The summed E-state index contributed by atoms with van der Waals surface area (Å²) in [5.41, 5.74) is 0.697. The predicted molar refractivity (Wildman–Crippen MR) is 121 cm³/mol. The molecule has 1 fully saturated rings. The first-order chi connectivity index (χ1) is 15.1. The summed E-state index contributed by atoms with van der Waals surface area (Å²) in [6, 6.07) is 9.64. The number of hydrogen-bond acceptors (Lipinski definition) is 7. The number of benzene rings is 1. The summed E-state index contributed by atoms with van der Waals surface area (Å²) >= 11 is 1.15. The van der Waals surface area contributed by atoms with Crippen LogP contribution < -0.4 is 10.6 Å². The number of carbonyl (C=O) groups excluding carboxylic acids is 2. The molecule has 0 bridgehead atoms. The zero-order chi connectivity index (χ0) is 21.9. The number of carbonyl (C=O) groups is 2. The van der Waals surface area contributed by atoms with Gasteiger partial charge in [-0.2, -0.15) is 0 Å². The van der Waals surface area contributed by atoms with E-state index < -0.39 is 0 Å². The average Bonchev–Trinajstić information content (AvgIpc) is 3.07. The van der Waals surface area contributed by atoms with E-state index in [-0.39, 0.29) is 30.0 Å². The second kappa shape index (κ2) is 12.5. The third-order valence-electron chi connectivity index (χ3n) is 5.30. The molecule has 1 aliphatic heterocycles. The Bertz CT molecular complexity index is 822. The van der Waals surface area contributed by atoms with Gasteiger partial charge in [-0.3, -0.25) is 9.59 Å². The van der Waals surface area contributed by atoms with Crippen molar-refractivity contribution in [2.24, 2.45) is 0 Å². The maximum Gasteiger partial charge on any atom is 0.286 e. The van der Waals surface area contributed by atoms with Crippen molar-refractivity contribution >= 4 is 28.8 Å². The van der Waals surface area contributed by atoms with E-state index in [0.29, 0.717) is 23.3 Å². The van der Waals surface area contributed by atoms with E-state index in [2.05, 4.69) is 32.7 Å². The van der Waals surface area contributed by atoms with Crippen LogP contribution in [0.25, 0.3) is 0 Å². The van der Waals surface area contributed by atoms with Crippen molar-refractivity contribution in [3.63, 3.8) is 0 Å². The fourth-order valence-corrected chi connectivity index (χ4v) is 4.20. The Hall–Kier alpha value is -2.36. The number of aromatic nitrogens is 2. The highest BCUT2D eigenvalue weighted by molar-refractivity contribution is 7.13. The van der Waals surface area contributed by atoms with Gasteiger partial charge in [0, 0.05) is 18.3 Å². The molecule has 1 saturated heterocycles. The molecule has 0 spiro atoms. The molecule has 1 atom stereocenters. The van der Waals surface area contributed by atoms with Crippen molar-refractivity contribution in [2.45, 2.75) is 51.7 Å². The number of likely N-dealkylation sites (tertiary alicyclic amines) is 1. The number of para-hydroxylation sites is 1. The van der Waals surface area contributed by atoms with Crippen LogP contribution in [0.3, 0.4) is 0 Å². The molecule has 3 rings (SSSR count). The van der Waals surface area contributed by atoms with Crippen LogP contribution in [0, 0.1) is 0 Å². The zero-order valence-electron chi connectivity index (χ0n) is 18.0. The third-order valence-corrected chi connectivity index (χ3v) is 6.20. The van der Waals surface area contributed by atoms with Gasteiger partial charge in [0.15, 0.2) is 0 Å². The molecular weight excluding hydrogens is 414 g/mol. The number of hydrogen-bond donors (Lipinski definition) is 2. The van der Waals surface area contributed by atoms with E-state index in [1.165, 1.54) is 25.7 Å². The number of anilines is 1. The molecule has 0 radical (unpaired) electrons. The Kier molecular flexibility index (Phi) is 9.39. The summed E-state index contributed by atoms with van der Waals surface area (Å²) < 4.78 is 5.44. The first kappa shape index (κ1) is 23.3. The predicted octanol–water partition coefficient (Wildman–Crippen LogP) is 3.08. The zero-order valence-corrected chi connectivity index (χ0v) is 18.8. The summed E-state index contributed by atoms with van der Waals surface area (Å²) in [7, 11) is 0. The highest BCUT2D eigenvalue weighted by Gasteiger charge is 2.16. The molecule has 0 aliphatic carbocycles. The lowest BCUT2D eigenvalue weighted by molar-refractivity contribution is -0.126. The highest BCUT2D eigenvalue weighted by Crippen LogP contribution is 2.15. The molecule has 1 aromatic carbocycles. The minimum Gasteiger partial charge on any atom is -0.364 e. The fraction of sp³-hybridized carbons (Fsp3) is 0.545. The fourth-order valence-electron chi connectivity index (χ4n) is 3.53. The highest BCUT2D eigenvalue weighted by atomic mass is 32.1. The Morgan fingerprint density at radius 2 is 1.87 bits per heavy atom. The molecular formula is C22H31N5O3S. The molecule has 2 heterocycles. The molecule has 1 unspecified atom stereocenters. The third kappa shape index (κ3) is 8.01. The second-order valence-electron chi connectivity index (χ2n) is 7.75. The van der Waals surface area contributed by atoms with Gasteiger partial charge in [0.2, 0.25) is 10.9 Å². The van der Waals surface area contributed by atoms with E-state index in [1.807, 2.05) is 18.2 Å². The molecule has 2 aromatic rings. The number of amides is 2. The van der Waals surface area contributed by atoms with E-state index >= 15 is 0 Å². The van der Waals surface area contributed by atoms with E-state index in [9.17, 15) is 9.59 Å². The summed E-state index contributed by atoms with van der Waals surface area (Å²) in [5.74, 6) is -0.458. The molecule has 9 heteroatoms. The number of nitrogens with zero attached hydrogens (tertiary/aromatic N) is 3. The van der Waals surface area contributed by atoms with Crippen molar-refractivity contribution in [3.8, 4) is 0 Å². The molecule has 2 amide bonds. The van der Waals surface area contributed by atoms with E-state index in [0.717, 1.165) is 30.8 Å². The van der Waals surface area contributed by atoms with E-state index in [1.54, 1.807) is 12.1 Å². The van der Waals surface area contributed by atoms with Crippen LogP contribution in [-0.4, -0.2) is 59.2 Å². The maximum absolute atomic E-state index is 12.2. The summed E-state index contributed by atoms with van der Waals surface area (Å²) in [6.07, 6.45) is 6.12. The largest absolute Gasteiger partial charge is 0.364 e. The standard InChI is InChI=1S/C22H31N5O3S/c1-17(27-13-7-2-3-8-14-27)11-12-23-19(28)15-30-16-20-25-26-22(31-20)21(29)24-18-9-5-4-6-10-18/h4-6,9-10,17H,2-3,7-8,11-16H2,1H3,(H,23,28)(H,24,29). The summed E-state index contributed by atoms with van der Waals surface area (Å²) in [5, 5.41) is 14.4. The van der Waals surface area contributed by atoms with Gasteiger partial charge in [-0.05, 0) is 51.4 Å². The number of rotatable bonds is 10. The first-order valence-corrected chi connectivity index (χ1v) is 11.7. The average molecular weight is 446 g/mol. The van der Waals surface area contributed by atoms with Gasteiger partial charge in [0.25, 0.3) is 5.91 Å². The number of nitrogens with one attached hydrogen (secondary N) is 2. The van der Waals surface area contributed by atoms with Crippen molar-refractivity contribution in [1.82, 2.24) is 20.4 Å². The molecule has 1 aromatic heterocycles. The molecule has 168 valence electrons. The Labute approximate surface area is 187 Å². The van der Waals surface area contributed by atoms with Crippen molar-refractivity contribution in [3.05, 3.63) is 40.3 Å². The minimum absolute atomic E-state index is 0.0385. The normalized spacial score (nSPS) is 15.8. The first-order valence-electron chi connectivity index (χ1n) is 10.9. The van der Waals surface area contributed by atoms with Gasteiger partial charge in [-0.15, -0.1) is 10.2 Å². The lowest BCUT2D eigenvalue weighted by Crippen LogP contribution is -2.37. The van der Waals surface area contributed by atoms with Gasteiger partial charge in [0.1, 0.15) is 18.2 Å². The van der Waals surface area contributed by atoms with Gasteiger partial charge < -0.3 is 20.3 Å². The lowest BCUT2D eigenvalue weighted by Gasteiger charge is -2.27. The van der Waals surface area contributed by atoms with Crippen LogP contribution in [0.4, 0.5) is 5.69 Å². The Morgan fingerprint density at radius 1 is 1.13 bits per heavy atom. The monoisotopic (exact) mass is 445 g/mol. The van der Waals surface area contributed by atoms with Crippen LogP contribution in [-0.2, 0) is 16.1 Å². The number of ether oxygens (including phenoxy) is 1. The van der Waals surface area contributed by atoms with Crippen LogP contribution in [0.1, 0.15) is 53.8 Å². The van der Waals surface area contributed by atoms with Crippen molar-refractivity contribution in [1.29, 1.82) is 0 Å². The molecule has 0 saturated carbocycles. The van der Waals surface area contributed by atoms with Gasteiger partial charge in [-0.25, -0.2) is 0 Å². The summed E-state index contributed by atoms with van der Waals surface area (Å²) in [6.45, 7) is 5.30. The van der Waals surface area contributed by atoms with Gasteiger partial charge in [-0.1, -0.05) is 42.4 Å². The van der Waals surface area contributed by atoms with Crippen molar-refractivity contribution in [2.75, 3.05) is 31.6 Å². The molecule has 31 heavy (non-hydrogen) atoms. The quantitative estimate of drug-likeness (QED) is 0.583. The van der Waals surface area contributed by atoms with Crippen LogP contribution in [0.2, 0.25) is 0 Å². The Morgan fingerprint density at radius 3 is 2.61 bits per heavy atom. The van der Waals surface area contributed by atoms with Crippen LogP contribution in [0.15, 0.2) is 30.3 Å². The van der Waals surface area contributed by atoms with E-state index in [4.69, 9.17) is 4.74 Å². The molecule has 2 N–H and O–H groups in total. The lowest BCUT2D eigenvalue weighted by atomic mass is 10.2. The van der Waals surface area contributed by atoms with Gasteiger partial charge >= 0.3 is 0 Å². The van der Waals surface area contributed by atoms with Crippen molar-refractivity contribution < 1.29 is 14.3 Å². The van der Waals surface area contributed by atoms with Crippen LogP contribution in [0.5, 0.6) is 0 Å². The second-order valence-corrected chi connectivity index (χ2v) is 8.81. The SMILES string of the molecule is CC(CCNC(=O)COCc1nnc(C(=O)Nc2ccccc2)s1)N1CCCCCC1. The molecule has 1 aliphatic rings.